The molecule has 1 amide bonds. The molecule has 2 aromatic carbocycles. The summed E-state index contributed by atoms with van der Waals surface area (Å²) in [6, 6.07) is 10.4. The van der Waals surface area contributed by atoms with Crippen LogP contribution in [0.2, 0.25) is 0 Å². The number of carbonyl (C=O) groups excluding carboxylic acids is 1. The van der Waals surface area contributed by atoms with Gasteiger partial charge in [0.25, 0.3) is 5.91 Å². The molecule has 0 fully saturated rings. The highest BCUT2D eigenvalue weighted by Crippen LogP contribution is 2.21. The number of nitrogens with one attached hydrogen (secondary N) is 1. The SMILES string of the molecule is CC.O=C(NCc1cc(F)c(O)c(F)c1)c1ccccc1. The minimum atomic E-state index is -1.05. The lowest BCUT2D eigenvalue weighted by Gasteiger charge is -2.06. The molecule has 112 valence electrons. The number of phenols is 1. The predicted molar refractivity (Wildman–Crippen MR) is 77.0 cm³/mol. The Bertz CT molecular complexity index is 577. The summed E-state index contributed by atoms with van der Waals surface area (Å²) in [6.07, 6.45) is 0. The number of carbonyl (C=O) groups is 1. The summed E-state index contributed by atoms with van der Waals surface area (Å²) >= 11 is 0. The highest BCUT2D eigenvalue weighted by atomic mass is 19.1. The molecule has 0 bridgehead atoms. The van der Waals surface area contributed by atoms with E-state index >= 15 is 0 Å². The molecule has 3 nitrogen and oxygen atoms in total. The molecule has 0 aliphatic carbocycles. The average Bonchev–Trinajstić information content (AvgIpc) is 2.53. The summed E-state index contributed by atoms with van der Waals surface area (Å²) in [5.74, 6) is -3.46. The van der Waals surface area contributed by atoms with E-state index in [0.717, 1.165) is 12.1 Å². The molecular weight excluding hydrogens is 276 g/mol. The van der Waals surface area contributed by atoms with Gasteiger partial charge in [-0.3, -0.25) is 4.79 Å². The lowest BCUT2D eigenvalue weighted by Crippen LogP contribution is -2.22. The molecule has 0 aromatic heterocycles. The zero-order valence-electron chi connectivity index (χ0n) is 11.9. The van der Waals surface area contributed by atoms with Gasteiger partial charge < -0.3 is 10.4 Å². The van der Waals surface area contributed by atoms with Gasteiger partial charge >= 0.3 is 0 Å². The smallest absolute Gasteiger partial charge is 0.251 e. The quantitative estimate of drug-likeness (QED) is 0.908. The Morgan fingerprint density at radius 3 is 2.14 bits per heavy atom. The van der Waals surface area contributed by atoms with Gasteiger partial charge in [-0.15, -0.1) is 0 Å². The Balaban J connectivity index is 0.00000106. The van der Waals surface area contributed by atoms with E-state index < -0.39 is 17.4 Å². The van der Waals surface area contributed by atoms with Crippen LogP contribution < -0.4 is 5.32 Å². The standard InChI is InChI=1S/C14H11F2NO2.C2H6/c15-11-6-9(7-12(16)13(11)18)8-17-14(19)10-4-2-1-3-5-10;1-2/h1-7,18H,8H2,(H,17,19);1-2H3. The molecule has 21 heavy (non-hydrogen) atoms. The average molecular weight is 293 g/mol. The van der Waals surface area contributed by atoms with Crippen LogP contribution in [0.5, 0.6) is 5.75 Å². The van der Waals surface area contributed by atoms with Gasteiger partial charge in [0.1, 0.15) is 0 Å². The number of phenolic OH excluding ortho intramolecular Hbond substituents is 1. The van der Waals surface area contributed by atoms with Crippen LogP contribution >= 0.6 is 0 Å². The summed E-state index contributed by atoms with van der Waals surface area (Å²) < 4.78 is 26.2. The van der Waals surface area contributed by atoms with Crippen LogP contribution in [0.1, 0.15) is 29.8 Å². The van der Waals surface area contributed by atoms with Crippen LogP contribution in [0.3, 0.4) is 0 Å². The molecule has 0 spiro atoms. The van der Waals surface area contributed by atoms with E-state index in [9.17, 15) is 13.6 Å². The number of hydrogen-bond donors (Lipinski definition) is 2. The molecule has 0 saturated heterocycles. The Hall–Kier alpha value is -2.43. The first-order valence-corrected chi connectivity index (χ1v) is 6.58. The van der Waals surface area contributed by atoms with Crippen molar-refractivity contribution in [2.24, 2.45) is 0 Å². The first kappa shape index (κ1) is 16.6. The molecule has 0 aliphatic rings. The van der Waals surface area contributed by atoms with Crippen LogP contribution in [0.4, 0.5) is 8.78 Å². The normalized spacial score (nSPS) is 9.52. The van der Waals surface area contributed by atoms with E-state index in [2.05, 4.69) is 5.32 Å². The van der Waals surface area contributed by atoms with Crippen LogP contribution in [0.25, 0.3) is 0 Å². The first-order chi connectivity index (χ1) is 10.1. The summed E-state index contributed by atoms with van der Waals surface area (Å²) in [6.45, 7) is 3.97. The predicted octanol–water partition coefficient (Wildman–Crippen LogP) is 3.63. The van der Waals surface area contributed by atoms with Gasteiger partial charge in [0.05, 0.1) is 0 Å². The fourth-order valence-electron chi connectivity index (χ4n) is 1.59. The van der Waals surface area contributed by atoms with E-state index in [0.29, 0.717) is 5.56 Å². The second-order valence-corrected chi connectivity index (χ2v) is 3.96. The lowest BCUT2D eigenvalue weighted by molar-refractivity contribution is 0.0951. The summed E-state index contributed by atoms with van der Waals surface area (Å²) in [7, 11) is 0. The lowest BCUT2D eigenvalue weighted by atomic mass is 10.1. The monoisotopic (exact) mass is 293 g/mol. The maximum atomic E-state index is 13.1. The summed E-state index contributed by atoms with van der Waals surface area (Å²) in [5, 5.41) is 11.5. The van der Waals surface area contributed by atoms with Crippen molar-refractivity contribution >= 4 is 5.91 Å². The van der Waals surface area contributed by atoms with Crippen molar-refractivity contribution in [3.05, 3.63) is 65.2 Å². The van der Waals surface area contributed by atoms with Crippen molar-refractivity contribution in [2.75, 3.05) is 0 Å². The minimum Gasteiger partial charge on any atom is -0.503 e. The van der Waals surface area contributed by atoms with Crippen molar-refractivity contribution in [3.63, 3.8) is 0 Å². The van der Waals surface area contributed by atoms with Gasteiger partial charge in [-0.2, -0.15) is 0 Å². The minimum absolute atomic E-state index is 0.0259. The van der Waals surface area contributed by atoms with Crippen LogP contribution in [0, 0.1) is 11.6 Å². The fraction of sp³-hybridized carbons (Fsp3) is 0.188. The van der Waals surface area contributed by atoms with E-state index in [4.69, 9.17) is 5.11 Å². The number of hydrogen-bond acceptors (Lipinski definition) is 2. The Morgan fingerprint density at radius 1 is 1.10 bits per heavy atom. The van der Waals surface area contributed by atoms with E-state index in [1.165, 1.54) is 0 Å². The third-order valence-corrected chi connectivity index (χ3v) is 2.57. The highest BCUT2D eigenvalue weighted by molar-refractivity contribution is 5.94. The first-order valence-electron chi connectivity index (χ1n) is 6.58. The van der Waals surface area contributed by atoms with E-state index in [1.807, 2.05) is 13.8 Å². The Kier molecular flexibility index (Phi) is 6.33. The number of benzene rings is 2. The molecular formula is C16H17F2NO2. The number of aromatic hydroxyl groups is 1. The van der Waals surface area contributed by atoms with Crippen molar-refractivity contribution in [2.45, 2.75) is 20.4 Å². The number of amides is 1. The third-order valence-electron chi connectivity index (χ3n) is 2.57. The Labute approximate surface area is 122 Å². The van der Waals surface area contributed by atoms with Crippen molar-refractivity contribution in [3.8, 4) is 5.75 Å². The zero-order valence-corrected chi connectivity index (χ0v) is 11.9. The Morgan fingerprint density at radius 2 is 1.62 bits per heavy atom. The molecule has 0 radical (unpaired) electrons. The van der Waals surface area contributed by atoms with E-state index in [-0.39, 0.29) is 18.0 Å². The largest absolute Gasteiger partial charge is 0.503 e. The zero-order chi connectivity index (χ0) is 15.8. The topological polar surface area (TPSA) is 49.3 Å². The van der Waals surface area contributed by atoms with E-state index in [1.54, 1.807) is 30.3 Å². The molecule has 0 heterocycles. The van der Waals surface area contributed by atoms with Crippen LogP contribution in [-0.4, -0.2) is 11.0 Å². The molecule has 2 rings (SSSR count). The second kappa shape index (κ2) is 7.99. The van der Waals surface area contributed by atoms with Gasteiger partial charge in [0, 0.05) is 12.1 Å². The van der Waals surface area contributed by atoms with Gasteiger partial charge in [-0.05, 0) is 29.8 Å². The maximum absolute atomic E-state index is 13.1. The van der Waals surface area contributed by atoms with Crippen molar-refractivity contribution < 1.29 is 18.7 Å². The molecule has 2 aromatic rings. The molecule has 2 N–H and O–H groups in total. The van der Waals surface area contributed by atoms with Gasteiger partial charge in [-0.25, -0.2) is 8.78 Å². The van der Waals surface area contributed by atoms with Gasteiger partial charge in [-0.1, -0.05) is 32.0 Å². The number of rotatable bonds is 3. The molecule has 0 saturated carbocycles. The summed E-state index contributed by atoms with van der Waals surface area (Å²) in [5.41, 5.74) is 0.694. The van der Waals surface area contributed by atoms with Crippen molar-refractivity contribution in [1.29, 1.82) is 0 Å². The third kappa shape index (κ3) is 4.56. The molecule has 0 aliphatic heterocycles. The van der Waals surface area contributed by atoms with Crippen molar-refractivity contribution in [1.82, 2.24) is 5.32 Å². The van der Waals surface area contributed by atoms with Crippen LogP contribution in [-0.2, 0) is 6.54 Å². The molecule has 5 heteroatoms. The molecule has 0 unspecified atom stereocenters. The van der Waals surface area contributed by atoms with Gasteiger partial charge in [0.2, 0.25) is 0 Å². The number of halogens is 2. The maximum Gasteiger partial charge on any atom is 0.251 e. The molecule has 0 atom stereocenters. The van der Waals surface area contributed by atoms with Gasteiger partial charge in [0.15, 0.2) is 17.4 Å². The second-order valence-electron chi connectivity index (χ2n) is 3.96. The fourth-order valence-corrected chi connectivity index (χ4v) is 1.59. The summed E-state index contributed by atoms with van der Waals surface area (Å²) in [4.78, 5) is 11.7. The highest BCUT2D eigenvalue weighted by Gasteiger charge is 2.10. The van der Waals surface area contributed by atoms with Crippen LogP contribution in [0.15, 0.2) is 42.5 Å².